The lowest BCUT2D eigenvalue weighted by molar-refractivity contribution is -0.137. The number of hydrogen-bond donors (Lipinski definition) is 1. The molecule has 1 saturated heterocycles. The molecule has 2 aromatic rings. The molecule has 2 aliphatic heterocycles. The summed E-state index contributed by atoms with van der Waals surface area (Å²) in [6.07, 6.45) is -2.16. The Bertz CT molecular complexity index is 1020. The summed E-state index contributed by atoms with van der Waals surface area (Å²) in [4.78, 5) is 17.5. The minimum atomic E-state index is -4.40. The number of piperazine rings is 1. The molecule has 5 rings (SSSR count). The number of nitrogens with one attached hydrogen (secondary N) is 1. The molecular formula is C24H26F3N3O2. The Kier molecular flexibility index (Phi) is 5.18. The van der Waals surface area contributed by atoms with E-state index in [0.717, 1.165) is 36.0 Å². The summed E-state index contributed by atoms with van der Waals surface area (Å²) >= 11 is 0. The van der Waals surface area contributed by atoms with Gasteiger partial charge < -0.3 is 19.9 Å². The van der Waals surface area contributed by atoms with E-state index in [4.69, 9.17) is 4.74 Å². The van der Waals surface area contributed by atoms with Crippen molar-refractivity contribution in [2.24, 2.45) is 5.92 Å². The number of rotatable bonds is 4. The fourth-order valence-corrected chi connectivity index (χ4v) is 4.95. The molecule has 1 saturated carbocycles. The standard InChI is InChI=1S/C24H26F3N3O2/c1-32-22-5-3-2-4-20(22)29-10-11-30-19-9-6-16(24(25,26)27)12-15(19)13-18(21(30)14-29)23(31)28-17-7-8-17/h2-6,9,12,17-18,21H,7-8,10-11,13-14H2,1H3,(H,28,31)/t18-,21-/m1/s1. The topological polar surface area (TPSA) is 44.8 Å². The molecule has 1 aliphatic carbocycles. The third-order valence-electron chi connectivity index (χ3n) is 6.73. The molecule has 2 heterocycles. The smallest absolute Gasteiger partial charge is 0.416 e. The molecule has 1 N–H and O–H groups in total. The molecule has 0 bridgehead atoms. The average Bonchev–Trinajstić information content (AvgIpc) is 3.61. The molecule has 0 aromatic heterocycles. The Labute approximate surface area is 185 Å². The van der Waals surface area contributed by atoms with Crippen LogP contribution in [-0.2, 0) is 17.4 Å². The van der Waals surface area contributed by atoms with E-state index >= 15 is 0 Å². The molecule has 2 atom stereocenters. The quantitative estimate of drug-likeness (QED) is 0.777. The highest BCUT2D eigenvalue weighted by Gasteiger charge is 2.44. The number of ether oxygens (including phenoxy) is 1. The first-order chi connectivity index (χ1) is 15.3. The Morgan fingerprint density at radius 2 is 1.88 bits per heavy atom. The van der Waals surface area contributed by atoms with Gasteiger partial charge in [-0.3, -0.25) is 4.79 Å². The lowest BCUT2D eigenvalue weighted by Crippen LogP contribution is -2.61. The fourth-order valence-electron chi connectivity index (χ4n) is 4.95. The normalized spacial score (nSPS) is 22.8. The van der Waals surface area contributed by atoms with Crippen molar-refractivity contribution < 1.29 is 22.7 Å². The Balaban J connectivity index is 1.49. The molecule has 170 valence electrons. The van der Waals surface area contributed by atoms with Crippen molar-refractivity contribution in [1.29, 1.82) is 0 Å². The summed E-state index contributed by atoms with van der Waals surface area (Å²) in [5.41, 5.74) is 1.70. The molecule has 0 spiro atoms. The van der Waals surface area contributed by atoms with Crippen molar-refractivity contribution in [2.75, 3.05) is 36.5 Å². The molecule has 2 fully saturated rings. The monoisotopic (exact) mass is 445 g/mol. The van der Waals surface area contributed by atoms with E-state index in [0.29, 0.717) is 31.6 Å². The van der Waals surface area contributed by atoms with Crippen molar-refractivity contribution >= 4 is 17.3 Å². The minimum absolute atomic E-state index is 0.0626. The first kappa shape index (κ1) is 21.0. The maximum atomic E-state index is 13.3. The van der Waals surface area contributed by atoms with Gasteiger partial charge in [-0.05, 0) is 55.2 Å². The predicted octanol–water partition coefficient (Wildman–Crippen LogP) is 3.86. The molecule has 2 aromatic carbocycles. The van der Waals surface area contributed by atoms with Crippen molar-refractivity contribution in [3.05, 3.63) is 53.6 Å². The van der Waals surface area contributed by atoms with Crippen LogP contribution in [0.25, 0.3) is 0 Å². The minimum Gasteiger partial charge on any atom is -0.495 e. The van der Waals surface area contributed by atoms with Gasteiger partial charge in [-0.2, -0.15) is 13.2 Å². The zero-order valence-electron chi connectivity index (χ0n) is 17.9. The van der Waals surface area contributed by atoms with Gasteiger partial charge in [-0.1, -0.05) is 12.1 Å². The number of para-hydroxylation sites is 2. The van der Waals surface area contributed by atoms with Crippen LogP contribution in [0.2, 0.25) is 0 Å². The van der Waals surface area contributed by atoms with Crippen molar-refractivity contribution in [3.8, 4) is 5.75 Å². The molecule has 0 unspecified atom stereocenters. The van der Waals surface area contributed by atoms with E-state index in [1.807, 2.05) is 24.3 Å². The first-order valence-electron chi connectivity index (χ1n) is 11.0. The Hall–Kier alpha value is -2.90. The van der Waals surface area contributed by atoms with Crippen LogP contribution in [0.5, 0.6) is 5.75 Å². The highest BCUT2D eigenvalue weighted by molar-refractivity contribution is 5.83. The number of carbonyl (C=O) groups is 1. The highest BCUT2D eigenvalue weighted by Crippen LogP contribution is 2.41. The van der Waals surface area contributed by atoms with Gasteiger partial charge in [0.05, 0.1) is 30.3 Å². The van der Waals surface area contributed by atoms with Crippen molar-refractivity contribution in [3.63, 3.8) is 0 Å². The van der Waals surface area contributed by atoms with Crippen molar-refractivity contribution in [1.82, 2.24) is 5.32 Å². The van der Waals surface area contributed by atoms with Gasteiger partial charge in [0.15, 0.2) is 0 Å². The highest BCUT2D eigenvalue weighted by atomic mass is 19.4. The Morgan fingerprint density at radius 1 is 1.09 bits per heavy atom. The van der Waals surface area contributed by atoms with E-state index in [9.17, 15) is 18.0 Å². The van der Waals surface area contributed by atoms with Gasteiger partial charge in [0.25, 0.3) is 0 Å². The molecule has 5 nitrogen and oxygen atoms in total. The third-order valence-corrected chi connectivity index (χ3v) is 6.73. The largest absolute Gasteiger partial charge is 0.495 e. The number of carbonyl (C=O) groups excluding carboxylic acids is 1. The van der Waals surface area contributed by atoms with E-state index < -0.39 is 17.7 Å². The van der Waals surface area contributed by atoms with Gasteiger partial charge in [0.1, 0.15) is 5.75 Å². The average molecular weight is 445 g/mol. The lowest BCUT2D eigenvalue weighted by atomic mass is 9.82. The summed E-state index contributed by atoms with van der Waals surface area (Å²) in [7, 11) is 1.63. The number of anilines is 2. The first-order valence-corrected chi connectivity index (χ1v) is 11.0. The number of hydrogen-bond acceptors (Lipinski definition) is 4. The second-order valence-corrected chi connectivity index (χ2v) is 8.81. The van der Waals surface area contributed by atoms with Crippen LogP contribution in [0.1, 0.15) is 24.0 Å². The number of methoxy groups -OCH3 is 1. The van der Waals surface area contributed by atoms with Crippen LogP contribution < -0.4 is 19.9 Å². The van der Waals surface area contributed by atoms with E-state index in [1.165, 1.54) is 6.07 Å². The molecule has 3 aliphatic rings. The van der Waals surface area contributed by atoms with Crippen molar-refractivity contribution in [2.45, 2.75) is 37.5 Å². The second kappa shape index (κ2) is 7.90. The number of benzene rings is 2. The summed E-state index contributed by atoms with van der Waals surface area (Å²) in [6.45, 7) is 1.91. The molecule has 8 heteroatoms. The van der Waals surface area contributed by atoms with Crippen LogP contribution in [0.15, 0.2) is 42.5 Å². The molecule has 0 radical (unpaired) electrons. The SMILES string of the molecule is COc1ccccc1N1CCN2c3ccc(C(F)(F)F)cc3C[C@@H](C(=O)NC3CC3)[C@H]2C1. The van der Waals surface area contributed by atoms with Crippen LogP contribution in [0, 0.1) is 5.92 Å². The second-order valence-electron chi connectivity index (χ2n) is 8.81. The Morgan fingerprint density at radius 3 is 2.59 bits per heavy atom. The summed E-state index contributed by atoms with van der Waals surface area (Å²) in [5, 5.41) is 3.08. The van der Waals surface area contributed by atoms with Gasteiger partial charge >= 0.3 is 6.18 Å². The molecular weight excluding hydrogens is 419 g/mol. The van der Waals surface area contributed by atoms with Crippen LogP contribution in [-0.4, -0.2) is 44.7 Å². The number of fused-ring (bicyclic) bond motifs is 3. The van der Waals surface area contributed by atoms with Gasteiger partial charge in [0.2, 0.25) is 5.91 Å². The summed E-state index contributed by atoms with van der Waals surface area (Å²) < 4.78 is 45.5. The lowest BCUT2D eigenvalue weighted by Gasteiger charge is -2.50. The van der Waals surface area contributed by atoms with Gasteiger partial charge in [-0.15, -0.1) is 0 Å². The van der Waals surface area contributed by atoms with Crippen LogP contribution in [0.4, 0.5) is 24.5 Å². The number of halogens is 3. The fraction of sp³-hybridized carbons (Fsp3) is 0.458. The van der Waals surface area contributed by atoms with E-state index in [-0.39, 0.29) is 18.0 Å². The maximum Gasteiger partial charge on any atom is 0.416 e. The van der Waals surface area contributed by atoms with Gasteiger partial charge in [0, 0.05) is 31.4 Å². The maximum absolute atomic E-state index is 13.3. The third kappa shape index (κ3) is 3.87. The zero-order chi connectivity index (χ0) is 22.5. The van der Waals surface area contributed by atoms with E-state index in [2.05, 4.69) is 15.1 Å². The number of alkyl halides is 3. The van der Waals surface area contributed by atoms with Crippen LogP contribution >= 0.6 is 0 Å². The summed E-state index contributed by atoms with van der Waals surface area (Å²) in [5.74, 6) is 0.294. The zero-order valence-corrected chi connectivity index (χ0v) is 17.9. The molecule has 32 heavy (non-hydrogen) atoms. The predicted molar refractivity (Wildman–Crippen MR) is 116 cm³/mol. The number of amides is 1. The van der Waals surface area contributed by atoms with Gasteiger partial charge in [-0.25, -0.2) is 0 Å². The van der Waals surface area contributed by atoms with E-state index in [1.54, 1.807) is 13.2 Å². The summed E-state index contributed by atoms with van der Waals surface area (Å²) in [6, 6.07) is 11.8. The number of nitrogens with zero attached hydrogens (tertiary/aromatic N) is 2. The molecule has 1 amide bonds. The van der Waals surface area contributed by atoms with Crippen LogP contribution in [0.3, 0.4) is 0 Å².